The number of nitrogens with two attached hydrogens (primary N) is 1. The van der Waals surface area contributed by atoms with Gasteiger partial charge in [0.15, 0.2) is 6.27 Å². The van der Waals surface area contributed by atoms with Gasteiger partial charge in [-0.2, -0.15) is 4.31 Å². The third-order valence-electron chi connectivity index (χ3n) is 6.39. The van der Waals surface area contributed by atoms with Gasteiger partial charge in [0.05, 0.1) is 40.2 Å². The van der Waals surface area contributed by atoms with Crippen molar-refractivity contribution in [3.63, 3.8) is 0 Å². The molecule has 11 heteroatoms. The van der Waals surface area contributed by atoms with Gasteiger partial charge in [-0.05, 0) is 48.6 Å². The number of nitrogens with zero attached hydrogens (tertiary/aromatic N) is 1. The van der Waals surface area contributed by atoms with Gasteiger partial charge in [-0.15, -0.1) is 0 Å². The van der Waals surface area contributed by atoms with Crippen molar-refractivity contribution in [3.05, 3.63) is 60.2 Å². The molecule has 0 unspecified atom stereocenters. The molecule has 2 saturated heterocycles. The van der Waals surface area contributed by atoms with Crippen molar-refractivity contribution in [2.75, 3.05) is 32.0 Å². The number of carbonyl (C=O) groups excluding carboxylic acids is 1. The second-order valence-electron chi connectivity index (χ2n) is 9.90. The second-order valence-corrected chi connectivity index (χ2v) is 11.8. The summed E-state index contributed by atoms with van der Waals surface area (Å²) < 4.78 is 68.6. The lowest BCUT2D eigenvalue weighted by Crippen LogP contribution is -2.51. The van der Waals surface area contributed by atoms with E-state index >= 15 is 0 Å². The number of benzene rings is 2. The fourth-order valence-electron chi connectivity index (χ4n) is 4.45. The first kappa shape index (κ1) is 24.3. The van der Waals surface area contributed by atoms with Gasteiger partial charge in [0.1, 0.15) is 6.10 Å². The third-order valence-corrected chi connectivity index (χ3v) is 8.24. The van der Waals surface area contributed by atoms with Crippen molar-refractivity contribution in [1.29, 1.82) is 0 Å². The first-order valence-corrected chi connectivity index (χ1v) is 14.0. The SMILES string of the molecule is [2H]C1([2H])O[C@@]2([2H])OCC[C@H]2[C@H]1OC(=O)N[C@@H](Cc1ccccc1)[C@H](O)CN(CC(C)C)S(=O)(=O)c1ccc(N)cc1. The normalized spacial score (nSPS) is 27.2. The molecule has 0 bridgehead atoms. The summed E-state index contributed by atoms with van der Waals surface area (Å²) in [6.45, 7) is 1.19. The fraction of sp³-hybridized carbons (Fsp3) is 0.519. The summed E-state index contributed by atoms with van der Waals surface area (Å²) in [5.41, 5.74) is 6.91. The van der Waals surface area contributed by atoms with Crippen LogP contribution in [0.3, 0.4) is 0 Å². The molecule has 4 N–H and O–H groups in total. The number of ether oxygens (including phenoxy) is 3. The highest BCUT2D eigenvalue weighted by Gasteiger charge is 2.44. The zero-order valence-corrected chi connectivity index (χ0v) is 22.3. The molecule has 208 valence electrons. The Morgan fingerprint density at radius 1 is 1.21 bits per heavy atom. The van der Waals surface area contributed by atoms with Crippen LogP contribution in [0.4, 0.5) is 10.5 Å². The summed E-state index contributed by atoms with van der Waals surface area (Å²) in [6, 6.07) is 13.8. The highest BCUT2D eigenvalue weighted by atomic mass is 32.2. The monoisotopic (exact) mass is 550 g/mol. The standard InChI is InChI=1S/C27H37N3O7S/c1-18(2)15-30(38(33,34)21-10-8-20(28)9-11-21)16-24(31)23(14-19-6-4-3-5-7-19)29-27(32)37-25-17-36-26-22(25)12-13-35-26/h3-11,18,22-26,31H,12-17,28H2,1-2H3,(H,29,32)/t22-,23-,24+,25-,26+/m0/s1/i17D2,26D. The van der Waals surface area contributed by atoms with E-state index in [1.807, 2.05) is 19.9 Å². The topological polar surface area (TPSA) is 140 Å². The Morgan fingerprint density at radius 2 is 1.92 bits per heavy atom. The molecule has 2 aromatic rings. The minimum atomic E-state index is -4.02. The molecule has 5 atom stereocenters. The van der Waals surface area contributed by atoms with Gasteiger partial charge in [0, 0.05) is 18.8 Å². The summed E-state index contributed by atoms with van der Waals surface area (Å²) in [4.78, 5) is 13.1. The van der Waals surface area contributed by atoms with Gasteiger partial charge in [-0.3, -0.25) is 0 Å². The predicted molar refractivity (Wildman–Crippen MR) is 142 cm³/mol. The van der Waals surface area contributed by atoms with E-state index in [9.17, 15) is 18.3 Å². The number of alkyl carbamates (subject to hydrolysis) is 1. The zero-order chi connectivity index (χ0) is 30.0. The number of rotatable bonds is 11. The van der Waals surface area contributed by atoms with Crippen molar-refractivity contribution in [3.8, 4) is 0 Å². The molecule has 0 saturated carbocycles. The van der Waals surface area contributed by atoms with Gasteiger partial charge in [-0.25, -0.2) is 13.2 Å². The minimum Gasteiger partial charge on any atom is -0.443 e. The van der Waals surface area contributed by atoms with Gasteiger partial charge in [-0.1, -0.05) is 44.2 Å². The summed E-state index contributed by atoms with van der Waals surface area (Å²) >= 11 is 0. The molecule has 2 aliphatic heterocycles. The first-order valence-electron chi connectivity index (χ1n) is 14.1. The number of aliphatic hydroxyl groups is 1. The molecule has 0 aliphatic carbocycles. The van der Waals surface area contributed by atoms with Crippen molar-refractivity contribution in [2.24, 2.45) is 11.8 Å². The van der Waals surface area contributed by atoms with Crippen molar-refractivity contribution in [1.82, 2.24) is 9.62 Å². The Bertz CT molecular complexity index is 1300. The highest BCUT2D eigenvalue weighted by molar-refractivity contribution is 7.89. The maximum atomic E-state index is 13.5. The summed E-state index contributed by atoms with van der Waals surface area (Å²) in [7, 11) is -4.02. The summed E-state index contributed by atoms with van der Waals surface area (Å²) in [6.07, 6.45) is -5.37. The van der Waals surface area contributed by atoms with Crippen molar-refractivity contribution in [2.45, 2.75) is 56.1 Å². The van der Waals surface area contributed by atoms with Crippen LogP contribution in [-0.4, -0.2) is 74.7 Å². The molecule has 0 radical (unpaired) electrons. The molecule has 0 spiro atoms. The van der Waals surface area contributed by atoms with Crippen LogP contribution in [0.1, 0.15) is 29.9 Å². The lowest BCUT2D eigenvalue weighted by molar-refractivity contribution is -0.0907. The highest BCUT2D eigenvalue weighted by Crippen LogP contribution is 2.33. The molecule has 38 heavy (non-hydrogen) atoms. The van der Waals surface area contributed by atoms with E-state index in [0.29, 0.717) is 5.69 Å². The Kier molecular flexibility index (Phi) is 7.97. The Hall–Kier alpha value is -2.70. The van der Waals surface area contributed by atoms with Crippen molar-refractivity contribution < 1.29 is 36.6 Å². The average Bonchev–Trinajstić information content (AvgIpc) is 3.34. The van der Waals surface area contributed by atoms with Crippen LogP contribution >= 0.6 is 0 Å². The smallest absolute Gasteiger partial charge is 0.407 e. The number of nitrogen functional groups attached to an aromatic ring is 1. The number of hydrogen-bond acceptors (Lipinski definition) is 8. The van der Waals surface area contributed by atoms with Crippen LogP contribution in [0.15, 0.2) is 59.5 Å². The van der Waals surface area contributed by atoms with Gasteiger partial charge in [0.2, 0.25) is 10.0 Å². The van der Waals surface area contributed by atoms with E-state index in [1.54, 1.807) is 24.3 Å². The lowest BCUT2D eigenvalue weighted by Gasteiger charge is -2.31. The zero-order valence-electron chi connectivity index (χ0n) is 24.4. The van der Waals surface area contributed by atoms with E-state index in [-0.39, 0.29) is 43.4 Å². The van der Waals surface area contributed by atoms with E-state index < -0.39 is 53.1 Å². The number of nitrogens with one attached hydrogen (secondary N) is 1. The number of amides is 1. The molecular formula is C27H37N3O7S. The van der Waals surface area contributed by atoms with E-state index in [4.69, 9.17) is 24.1 Å². The number of aliphatic hydroxyl groups excluding tert-OH is 1. The van der Waals surface area contributed by atoms with Crippen LogP contribution in [0.2, 0.25) is 0 Å². The molecule has 2 aromatic carbocycles. The lowest BCUT2D eigenvalue weighted by atomic mass is 10.0. The molecular weight excluding hydrogens is 510 g/mol. The molecule has 2 aliphatic rings. The maximum absolute atomic E-state index is 13.5. The fourth-order valence-corrected chi connectivity index (χ4v) is 6.07. The van der Waals surface area contributed by atoms with Crippen LogP contribution in [0, 0.1) is 11.8 Å². The molecule has 4 rings (SSSR count). The number of sulfonamides is 1. The van der Waals surface area contributed by atoms with Crippen LogP contribution in [0.5, 0.6) is 0 Å². The molecule has 0 aromatic heterocycles. The second kappa shape index (κ2) is 12.4. The Balaban J connectivity index is 1.55. The summed E-state index contributed by atoms with van der Waals surface area (Å²) in [5, 5.41) is 14.0. The molecule has 2 heterocycles. The molecule has 2 fully saturated rings. The Morgan fingerprint density at radius 3 is 2.61 bits per heavy atom. The van der Waals surface area contributed by atoms with Gasteiger partial charge < -0.3 is 30.4 Å². The van der Waals surface area contributed by atoms with E-state index in [0.717, 1.165) is 5.56 Å². The average molecular weight is 551 g/mol. The summed E-state index contributed by atoms with van der Waals surface area (Å²) in [5.74, 6) is -0.910. The van der Waals surface area contributed by atoms with Gasteiger partial charge >= 0.3 is 6.09 Å². The Labute approximate surface area is 228 Å². The molecule has 1 amide bonds. The number of anilines is 1. The van der Waals surface area contributed by atoms with Gasteiger partial charge in [0.25, 0.3) is 0 Å². The van der Waals surface area contributed by atoms with Crippen molar-refractivity contribution >= 4 is 21.8 Å². The number of carbonyl (C=O) groups is 1. The molecule has 10 nitrogen and oxygen atoms in total. The van der Waals surface area contributed by atoms with Crippen LogP contribution in [-0.2, 0) is 30.7 Å². The predicted octanol–water partition coefficient (Wildman–Crippen LogP) is 2.38. The number of fused-ring (bicyclic) bond motifs is 1. The largest absolute Gasteiger partial charge is 0.443 e. The first-order chi connectivity index (χ1) is 19.2. The van der Waals surface area contributed by atoms with E-state index in [1.165, 1.54) is 28.6 Å². The quantitative estimate of drug-likeness (QED) is 0.362. The van der Waals surface area contributed by atoms with Crippen LogP contribution in [0.25, 0.3) is 0 Å². The maximum Gasteiger partial charge on any atom is 0.407 e. The minimum absolute atomic E-state index is 0.0210. The van der Waals surface area contributed by atoms with Crippen LogP contribution < -0.4 is 11.1 Å². The van der Waals surface area contributed by atoms with E-state index in [2.05, 4.69) is 5.32 Å². The third kappa shape index (κ3) is 7.03. The number of hydrogen-bond donors (Lipinski definition) is 3.